The van der Waals surface area contributed by atoms with Gasteiger partial charge in [-0.3, -0.25) is 4.98 Å². The number of rotatable bonds is 7. The number of pyridine rings is 1. The molecular formula is C16H23N3O2. The molecule has 1 aromatic heterocycles. The van der Waals surface area contributed by atoms with Crippen molar-refractivity contribution in [3.63, 3.8) is 0 Å². The summed E-state index contributed by atoms with van der Waals surface area (Å²) < 4.78 is 10.4. The maximum Gasteiger partial charge on any atom is 0.0637 e. The summed E-state index contributed by atoms with van der Waals surface area (Å²) in [6, 6.07) is 6.07. The summed E-state index contributed by atoms with van der Waals surface area (Å²) in [5.74, 6) is 0. The highest BCUT2D eigenvalue weighted by Crippen LogP contribution is 2.30. The van der Waals surface area contributed by atoms with E-state index in [4.69, 9.17) is 15.2 Å². The van der Waals surface area contributed by atoms with Crippen LogP contribution < -0.4 is 10.6 Å². The van der Waals surface area contributed by atoms with Crippen LogP contribution in [0.1, 0.15) is 5.69 Å². The Morgan fingerprint density at radius 3 is 2.38 bits per heavy atom. The largest absolute Gasteiger partial charge is 0.398 e. The molecule has 0 saturated carbocycles. The van der Waals surface area contributed by atoms with Gasteiger partial charge in [-0.1, -0.05) is 0 Å². The molecule has 2 N–H and O–H groups in total. The summed E-state index contributed by atoms with van der Waals surface area (Å²) in [7, 11) is 3.42. The maximum atomic E-state index is 6.07. The lowest BCUT2D eigenvalue weighted by Gasteiger charge is -2.26. The lowest BCUT2D eigenvalue weighted by atomic mass is 10.1. The predicted molar refractivity (Wildman–Crippen MR) is 86.9 cm³/mol. The van der Waals surface area contributed by atoms with Crippen LogP contribution in [-0.4, -0.2) is 45.5 Å². The van der Waals surface area contributed by atoms with Gasteiger partial charge in [-0.15, -0.1) is 0 Å². The Kier molecular flexibility index (Phi) is 5.36. The SMILES string of the molecule is COCCN(CCOC)c1ccc(N)c2cnc(C)cc12. The van der Waals surface area contributed by atoms with E-state index in [2.05, 4.69) is 22.0 Å². The van der Waals surface area contributed by atoms with Crippen molar-refractivity contribution in [1.82, 2.24) is 4.98 Å². The fourth-order valence-corrected chi connectivity index (χ4v) is 2.38. The molecule has 2 rings (SSSR count). The number of aromatic nitrogens is 1. The summed E-state index contributed by atoms with van der Waals surface area (Å²) in [4.78, 5) is 6.60. The third-order valence-electron chi connectivity index (χ3n) is 3.52. The standard InChI is InChI=1S/C16H23N3O2/c1-12-10-13-14(11-18-12)15(17)4-5-16(13)19(6-8-20-2)7-9-21-3/h4-5,10-11H,6-9,17H2,1-3H3. The number of benzene rings is 1. The molecule has 0 unspecified atom stereocenters. The molecule has 5 nitrogen and oxygen atoms in total. The first-order chi connectivity index (χ1) is 10.2. The van der Waals surface area contributed by atoms with Gasteiger partial charge in [-0.25, -0.2) is 0 Å². The normalized spacial score (nSPS) is 11.0. The number of nitrogen functional groups attached to an aromatic ring is 1. The van der Waals surface area contributed by atoms with E-state index < -0.39 is 0 Å². The van der Waals surface area contributed by atoms with Crippen molar-refractivity contribution < 1.29 is 9.47 Å². The van der Waals surface area contributed by atoms with Gasteiger partial charge in [0.15, 0.2) is 0 Å². The van der Waals surface area contributed by atoms with Gasteiger partial charge < -0.3 is 20.1 Å². The molecule has 0 atom stereocenters. The van der Waals surface area contributed by atoms with Crippen LogP contribution in [0.3, 0.4) is 0 Å². The number of hydrogen-bond donors (Lipinski definition) is 1. The van der Waals surface area contributed by atoms with E-state index in [1.807, 2.05) is 19.2 Å². The van der Waals surface area contributed by atoms with E-state index >= 15 is 0 Å². The van der Waals surface area contributed by atoms with E-state index in [-0.39, 0.29) is 0 Å². The zero-order valence-electron chi connectivity index (χ0n) is 12.9. The third kappa shape index (κ3) is 3.62. The Balaban J connectivity index is 2.45. The molecule has 0 aliphatic carbocycles. The molecule has 0 fully saturated rings. The second kappa shape index (κ2) is 7.24. The van der Waals surface area contributed by atoms with Gasteiger partial charge in [0.25, 0.3) is 0 Å². The second-order valence-electron chi connectivity index (χ2n) is 5.02. The number of anilines is 2. The molecule has 0 spiro atoms. The molecular weight excluding hydrogens is 266 g/mol. The minimum atomic E-state index is 0.666. The lowest BCUT2D eigenvalue weighted by Crippen LogP contribution is -2.30. The average Bonchev–Trinajstić information content (AvgIpc) is 2.48. The summed E-state index contributed by atoms with van der Waals surface area (Å²) >= 11 is 0. The molecule has 0 aliphatic heterocycles. The van der Waals surface area contributed by atoms with Crippen LogP contribution in [0, 0.1) is 6.92 Å². The van der Waals surface area contributed by atoms with Crippen LogP contribution in [0.15, 0.2) is 24.4 Å². The maximum absolute atomic E-state index is 6.07. The monoisotopic (exact) mass is 289 g/mol. The highest BCUT2D eigenvalue weighted by Gasteiger charge is 2.12. The highest BCUT2D eigenvalue weighted by atomic mass is 16.5. The fraction of sp³-hybridized carbons (Fsp3) is 0.438. The Hall–Kier alpha value is -1.85. The molecule has 0 radical (unpaired) electrons. The van der Waals surface area contributed by atoms with Crippen molar-refractivity contribution in [3.8, 4) is 0 Å². The minimum absolute atomic E-state index is 0.666. The first kappa shape index (κ1) is 15.5. The van der Waals surface area contributed by atoms with Crippen molar-refractivity contribution in [2.45, 2.75) is 6.92 Å². The summed E-state index contributed by atoms with van der Waals surface area (Å²) in [5, 5.41) is 2.10. The van der Waals surface area contributed by atoms with Crippen molar-refractivity contribution in [2.75, 3.05) is 51.2 Å². The third-order valence-corrected chi connectivity index (χ3v) is 3.52. The molecule has 0 amide bonds. The van der Waals surface area contributed by atoms with Crippen molar-refractivity contribution in [2.24, 2.45) is 0 Å². The van der Waals surface area contributed by atoms with Gasteiger partial charge in [0, 0.05) is 61.3 Å². The van der Waals surface area contributed by atoms with Crippen molar-refractivity contribution in [1.29, 1.82) is 0 Å². The Morgan fingerprint density at radius 2 is 1.76 bits per heavy atom. The Bertz CT molecular complexity index is 593. The number of nitrogens with zero attached hydrogens (tertiary/aromatic N) is 2. The second-order valence-corrected chi connectivity index (χ2v) is 5.02. The van der Waals surface area contributed by atoms with Gasteiger partial charge in [-0.05, 0) is 25.1 Å². The van der Waals surface area contributed by atoms with Crippen molar-refractivity contribution in [3.05, 3.63) is 30.1 Å². The lowest BCUT2D eigenvalue weighted by molar-refractivity contribution is 0.190. The molecule has 0 bridgehead atoms. The van der Waals surface area contributed by atoms with Gasteiger partial charge in [-0.2, -0.15) is 0 Å². The molecule has 1 heterocycles. The van der Waals surface area contributed by atoms with Gasteiger partial charge >= 0.3 is 0 Å². The van der Waals surface area contributed by atoms with Crippen LogP contribution in [-0.2, 0) is 9.47 Å². The van der Waals surface area contributed by atoms with E-state index in [9.17, 15) is 0 Å². The van der Waals surface area contributed by atoms with Gasteiger partial charge in [0.05, 0.1) is 13.2 Å². The van der Waals surface area contributed by atoms with Gasteiger partial charge in [0.1, 0.15) is 0 Å². The molecule has 1 aromatic carbocycles. The molecule has 5 heteroatoms. The van der Waals surface area contributed by atoms with Crippen molar-refractivity contribution >= 4 is 22.1 Å². The molecule has 0 aliphatic rings. The summed E-state index contributed by atoms with van der Waals surface area (Å²) in [6.45, 7) is 4.93. The Morgan fingerprint density at radius 1 is 1.10 bits per heavy atom. The fourth-order valence-electron chi connectivity index (χ4n) is 2.38. The van der Waals surface area contributed by atoms with E-state index in [0.717, 1.165) is 40.9 Å². The number of hydrogen-bond acceptors (Lipinski definition) is 5. The number of fused-ring (bicyclic) bond motifs is 1. The highest BCUT2D eigenvalue weighted by molar-refractivity contribution is 6.01. The molecule has 0 saturated heterocycles. The molecule has 21 heavy (non-hydrogen) atoms. The zero-order chi connectivity index (χ0) is 15.2. The topological polar surface area (TPSA) is 60.6 Å². The van der Waals surface area contributed by atoms with Crippen LogP contribution in [0.25, 0.3) is 10.8 Å². The van der Waals surface area contributed by atoms with Crippen LogP contribution >= 0.6 is 0 Å². The molecule has 2 aromatic rings. The van der Waals surface area contributed by atoms with E-state index in [1.54, 1.807) is 14.2 Å². The zero-order valence-corrected chi connectivity index (χ0v) is 12.9. The van der Waals surface area contributed by atoms with Crippen LogP contribution in [0.2, 0.25) is 0 Å². The number of ether oxygens (including phenoxy) is 2. The minimum Gasteiger partial charge on any atom is -0.398 e. The summed E-state index contributed by atoms with van der Waals surface area (Å²) in [5.41, 5.74) is 8.93. The first-order valence-electron chi connectivity index (χ1n) is 7.05. The smallest absolute Gasteiger partial charge is 0.0637 e. The van der Waals surface area contributed by atoms with Gasteiger partial charge in [0.2, 0.25) is 0 Å². The van der Waals surface area contributed by atoms with Crippen LogP contribution in [0.5, 0.6) is 0 Å². The van der Waals surface area contributed by atoms with E-state index in [1.165, 1.54) is 0 Å². The number of methoxy groups -OCH3 is 2. The predicted octanol–water partition coefficient (Wildman–Crippen LogP) is 2.22. The van der Waals surface area contributed by atoms with Crippen LogP contribution in [0.4, 0.5) is 11.4 Å². The molecule has 114 valence electrons. The first-order valence-corrected chi connectivity index (χ1v) is 7.05. The average molecular weight is 289 g/mol. The summed E-state index contributed by atoms with van der Waals surface area (Å²) in [6.07, 6.45) is 1.84. The van der Waals surface area contributed by atoms with E-state index in [0.29, 0.717) is 13.2 Å². The Labute approximate surface area is 125 Å². The number of aryl methyl sites for hydroxylation is 1. The quantitative estimate of drug-likeness (QED) is 0.792. The number of nitrogens with two attached hydrogens (primary N) is 1.